The summed E-state index contributed by atoms with van der Waals surface area (Å²) in [6, 6.07) is 10.6. The molecule has 2 aromatic carbocycles. The van der Waals surface area contributed by atoms with Crippen LogP contribution in [0.4, 0.5) is 0 Å². The number of allylic oxidation sites excluding steroid dienone is 2. The van der Waals surface area contributed by atoms with E-state index in [2.05, 4.69) is 90.3 Å². The van der Waals surface area contributed by atoms with Gasteiger partial charge in [0.15, 0.2) is 0 Å². The fourth-order valence-electron chi connectivity index (χ4n) is 9.13. The van der Waals surface area contributed by atoms with Gasteiger partial charge < -0.3 is 5.53 Å². The van der Waals surface area contributed by atoms with Crippen molar-refractivity contribution < 1.29 is 20.7 Å². The number of hydrogen-bond donors (Lipinski definition) is 0. The molecule has 0 spiro atoms. The molecule has 0 aliphatic carbocycles. The van der Waals surface area contributed by atoms with Crippen LogP contribution in [0.25, 0.3) is 11.1 Å². The number of unbranched alkanes of at least 4 members (excludes halogenated alkanes) is 15. The second kappa shape index (κ2) is 38.1. The molecule has 0 radical (unpaired) electrons. The molecule has 0 amide bonds. The second-order valence-electron chi connectivity index (χ2n) is 17.4. The minimum absolute atomic E-state index is 0.106. The molecule has 0 fully saturated rings. The summed E-state index contributed by atoms with van der Waals surface area (Å²) in [6.45, 7) is 18.6. The number of benzene rings is 2. The first-order chi connectivity index (χ1) is 29.4. The Morgan fingerprint density at radius 3 is 1.23 bits per heavy atom. The van der Waals surface area contributed by atoms with Gasteiger partial charge in [-0.05, 0) is 139 Å². The van der Waals surface area contributed by atoms with Crippen LogP contribution in [-0.2, 0) is 54.5 Å². The molecule has 60 heavy (non-hydrogen) atoms. The van der Waals surface area contributed by atoms with Crippen molar-refractivity contribution in [2.24, 2.45) is 0 Å². The van der Waals surface area contributed by atoms with Crippen molar-refractivity contribution in [3.05, 3.63) is 85.5 Å². The minimum atomic E-state index is -0.106. The van der Waals surface area contributed by atoms with E-state index in [4.69, 9.17) is 19.1 Å². The quantitative estimate of drug-likeness (QED) is 0.0167. The Labute approximate surface area is 388 Å². The molecular formula is C55H90Cl2N2Pd. The van der Waals surface area contributed by atoms with Crippen LogP contribution in [0.5, 0.6) is 0 Å². The van der Waals surface area contributed by atoms with E-state index < -0.39 is 0 Å². The predicted octanol–water partition coefficient (Wildman–Crippen LogP) is 18.9. The van der Waals surface area contributed by atoms with E-state index in [0.29, 0.717) is 0 Å². The third-order valence-electron chi connectivity index (χ3n) is 12.3. The van der Waals surface area contributed by atoms with Crippen molar-refractivity contribution in [2.45, 2.75) is 254 Å². The van der Waals surface area contributed by atoms with Crippen molar-refractivity contribution in [3.63, 3.8) is 0 Å². The number of rotatable bonds is 34. The van der Waals surface area contributed by atoms with Gasteiger partial charge >= 0.3 is 40.9 Å². The van der Waals surface area contributed by atoms with Crippen LogP contribution in [0.2, 0.25) is 0 Å². The molecular weight excluding hydrogens is 866 g/mol. The van der Waals surface area contributed by atoms with E-state index in [1.54, 1.807) is 33.4 Å². The van der Waals surface area contributed by atoms with Gasteiger partial charge in [0, 0.05) is 0 Å². The summed E-state index contributed by atoms with van der Waals surface area (Å²) in [7, 11) is 9.63. The van der Waals surface area contributed by atoms with Gasteiger partial charge in [-0.25, -0.2) is 0 Å². The molecule has 0 bridgehead atoms. The molecule has 0 saturated carbocycles. The van der Waals surface area contributed by atoms with Gasteiger partial charge in [-0.3, -0.25) is 0 Å². The average Bonchev–Trinajstić information content (AvgIpc) is 3.24. The topological polar surface area (TPSA) is 36.4 Å². The zero-order chi connectivity index (χ0) is 44.2. The molecule has 2 aromatic rings. The normalized spacial score (nSPS) is 11.6. The van der Waals surface area contributed by atoms with Gasteiger partial charge in [0.2, 0.25) is 0 Å². The molecule has 0 heterocycles. The van der Waals surface area contributed by atoms with E-state index in [-0.39, 0.29) is 15.9 Å². The molecule has 0 aliphatic heterocycles. The Kier molecular flexibility index (Phi) is 35.9. The molecule has 0 saturated heterocycles. The predicted molar refractivity (Wildman–Crippen MR) is 266 cm³/mol. The van der Waals surface area contributed by atoms with Gasteiger partial charge in [0.25, 0.3) is 0 Å². The number of hydrogen-bond acceptors (Lipinski definition) is 0. The van der Waals surface area contributed by atoms with Crippen LogP contribution in [0, 0.1) is 0 Å². The van der Waals surface area contributed by atoms with Crippen molar-refractivity contribution >= 4 is 30.5 Å². The third kappa shape index (κ3) is 22.3. The summed E-state index contributed by atoms with van der Waals surface area (Å²) in [6.07, 6.45) is 37.7. The van der Waals surface area contributed by atoms with Crippen LogP contribution in [0.3, 0.4) is 0 Å². The zero-order valence-electron chi connectivity index (χ0n) is 40.2. The van der Waals surface area contributed by atoms with E-state index in [9.17, 15) is 5.53 Å². The van der Waals surface area contributed by atoms with Gasteiger partial charge in [-0.15, -0.1) is 4.79 Å². The summed E-state index contributed by atoms with van der Waals surface area (Å²) < 4.78 is 0. The average molecular weight is 957 g/mol. The van der Waals surface area contributed by atoms with Gasteiger partial charge in [-0.1, -0.05) is 195 Å². The Hall–Kier alpha value is -1.42. The maximum absolute atomic E-state index is 10.2. The van der Waals surface area contributed by atoms with Crippen molar-refractivity contribution in [1.29, 1.82) is 0 Å². The van der Waals surface area contributed by atoms with Crippen LogP contribution < -0.4 is 0 Å². The standard InChI is InChI=1S/C55H90N2.2ClH.Pd/c1-9-17-22-26-27-31-39-54(49(44-57-56)35-21-13-5)55(50-40-45(32-14-6)52(34-16-8)46(41-50)33-15-7)51-42-47(36-28-23-18-10-2)53(38-30-25-20-12-4)48(43-51)37-29-24-19-11-3;;;/h40-43H,9-39H2,1-8H3;2*1H;/q;;;+2/p-2. The van der Waals surface area contributed by atoms with Crippen molar-refractivity contribution in [2.75, 3.05) is 0 Å². The van der Waals surface area contributed by atoms with E-state index in [1.807, 2.05) is 0 Å². The third-order valence-corrected chi connectivity index (χ3v) is 12.3. The molecule has 0 N–H and O–H groups in total. The first kappa shape index (κ1) is 56.6. The molecule has 0 aliphatic rings. The number of aryl methyl sites for hydroxylation is 4. The summed E-state index contributed by atoms with van der Waals surface area (Å²) >= 11 is -0.106. The molecule has 0 aromatic heterocycles. The molecule has 0 atom stereocenters. The molecule has 2 rings (SSSR count). The number of halogens is 2. The first-order valence-electron chi connectivity index (χ1n) is 25.2. The Morgan fingerprint density at radius 2 is 0.817 bits per heavy atom. The van der Waals surface area contributed by atoms with Crippen molar-refractivity contribution in [1.82, 2.24) is 0 Å². The second-order valence-corrected chi connectivity index (χ2v) is 19.8. The summed E-state index contributed by atoms with van der Waals surface area (Å²) in [4.78, 5) is 3.67. The summed E-state index contributed by atoms with van der Waals surface area (Å²) in [5.74, 6) is 3.23. The molecule has 344 valence electrons. The summed E-state index contributed by atoms with van der Waals surface area (Å²) in [5, 5.41) is 0. The SMILES string of the molecule is CCCCCCCCC(C(=C=[N+]=[N-])CCCC)=C(c1cc(CCC)c(CCC)c(CCC)c1)c1cc(CCCCCC)c(CCCCCC)c(CCCCCC)c1.[Cl][Pd][Cl]. The van der Waals surface area contributed by atoms with E-state index >= 15 is 0 Å². The summed E-state index contributed by atoms with van der Waals surface area (Å²) in [5.41, 5.74) is 26.5. The Bertz CT molecular complexity index is 1470. The fraction of sp³-hybridized carbons (Fsp3) is 0.709. The van der Waals surface area contributed by atoms with Crippen LogP contribution in [-0.4, -0.2) is 10.7 Å². The Balaban J connectivity index is 0.00000581. The van der Waals surface area contributed by atoms with Crippen LogP contribution in [0.15, 0.2) is 35.4 Å². The molecule has 2 nitrogen and oxygen atoms in total. The van der Waals surface area contributed by atoms with E-state index in [1.165, 1.54) is 157 Å². The van der Waals surface area contributed by atoms with Crippen LogP contribution in [0.1, 0.15) is 260 Å². The number of nitrogens with zero attached hydrogens (tertiary/aromatic N) is 2. The molecule has 5 heteroatoms. The first-order valence-corrected chi connectivity index (χ1v) is 29.2. The van der Waals surface area contributed by atoms with Crippen LogP contribution >= 0.6 is 19.1 Å². The molecule has 0 unspecified atom stereocenters. The van der Waals surface area contributed by atoms with Gasteiger partial charge in [0.1, 0.15) is 0 Å². The van der Waals surface area contributed by atoms with E-state index in [0.717, 1.165) is 69.8 Å². The fourth-order valence-corrected chi connectivity index (χ4v) is 9.13. The monoisotopic (exact) mass is 955 g/mol. The van der Waals surface area contributed by atoms with Gasteiger partial charge in [0.05, 0.1) is 5.57 Å². The van der Waals surface area contributed by atoms with Crippen molar-refractivity contribution in [3.8, 4) is 0 Å². The van der Waals surface area contributed by atoms with Gasteiger partial charge in [-0.2, -0.15) is 0 Å². The maximum atomic E-state index is 10.2. The zero-order valence-corrected chi connectivity index (χ0v) is 43.3. The Morgan fingerprint density at radius 1 is 0.450 bits per heavy atom.